The summed E-state index contributed by atoms with van der Waals surface area (Å²) in [4.78, 5) is 27.6. The summed E-state index contributed by atoms with van der Waals surface area (Å²) in [6, 6.07) is 16.3. The van der Waals surface area contributed by atoms with Crippen LogP contribution in [0.25, 0.3) is 17.4 Å². The quantitative estimate of drug-likeness (QED) is 0.279. The second kappa shape index (κ2) is 8.07. The van der Waals surface area contributed by atoms with Crippen LogP contribution in [0.4, 0.5) is 11.4 Å². The molecule has 2 aliphatic rings. The molecule has 2 aliphatic heterocycles. The minimum Gasteiger partial charge on any atom is -0.457 e. The van der Waals surface area contributed by atoms with Crippen molar-refractivity contribution in [3.8, 4) is 11.3 Å². The van der Waals surface area contributed by atoms with Crippen LogP contribution in [-0.4, -0.2) is 23.8 Å². The minimum absolute atomic E-state index is 0.0138. The van der Waals surface area contributed by atoms with Gasteiger partial charge in [0.15, 0.2) is 0 Å². The van der Waals surface area contributed by atoms with E-state index in [4.69, 9.17) is 4.42 Å². The summed E-state index contributed by atoms with van der Waals surface area (Å²) < 4.78 is 5.92. The summed E-state index contributed by atoms with van der Waals surface area (Å²) >= 11 is 1.43. The Balaban J connectivity index is 1.43. The standard InChI is InChI=1S/C24H20N2O4S/c27-24-18-6-2-3-7-22(18)31-23(24)15-17-9-11-21(30-17)16-8-10-19(20(14-16)26(28)29)25-12-4-1-5-13-25/h2-3,6-11,14-15H,1,4-5,12-13H2. The number of rotatable bonds is 4. The van der Waals surface area contributed by atoms with Crippen LogP contribution in [0.3, 0.4) is 0 Å². The van der Waals surface area contributed by atoms with Gasteiger partial charge in [-0.25, -0.2) is 0 Å². The number of fused-ring (bicyclic) bond motifs is 1. The van der Waals surface area contributed by atoms with Gasteiger partial charge in [-0.3, -0.25) is 14.9 Å². The van der Waals surface area contributed by atoms with Crippen LogP contribution < -0.4 is 4.90 Å². The lowest BCUT2D eigenvalue weighted by Crippen LogP contribution is -2.29. The van der Waals surface area contributed by atoms with Crippen molar-refractivity contribution in [2.45, 2.75) is 24.2 Å². The van der Waals surface area contributed by atoms with E-state index in [0.717, 1.165) is 30.8 Å². The predicted octanol–water partition coefficient (Wildman–Crippen LogP) is 6.17. The molecule has 3 heterocycles. The highest BCUT2D eigenvalue weighted by molar-refractivity contribution is 8.04. The Morgan fingerprint density at radius 1 is 1.03 bits per heavy atom. The summed E-state index contributed by atoms with van der Waals surface area (Å²) in [6.45, 7) is 1.68. The number of piperidine rings is 1. The SMILES string of the molecule is O=C1C(=Cc2ccc(-c3ccc(N4CCCCC4)c([N+](=O)[O-])c3)o2)Sc2ccccc21. The van der Waals surface area contributed by atoms with E-state index in [0.29, 0.717) is 33.2 Å². The van der Waals surface area contributed by atoms with Gasteiger partial charge in [-0.1, -0.05) is 23.9 Å². The van der Waals surface area contributed by atoms with E-state index in [9.17, 15) is 14.9 Å². The third-order valence-corrected chi connectivity index (χ3v) is 6.73. The van der Waals surface area contributed by atoms with E-state index < -0.39 is 0 Å². The Bertz CT molecular complexity index is 1210. The first-order chi connectivity index (χ1) is 15.1. The van der Waals surface area contributed by atoms with Crippen LogP contribution in [0.1, 0.15) is 35.4 Å². The third-order valence-electron chi connectivity index (χ3n) is 5.63. The number of allylic oxidation sites excluding steroid dienone is 1. The number of hydrogen-bond acceptors (Lipinski definition) is 6. The number of carbonyl (C=O) groups excluding carboxylic acids is 1. The molecule has 0 spiro atoms. The van der Waals surface area contributed by atoms with E-state index >= 15 is 0 Å². The van der Waals surface area contributed by atoms with E-state index in [1.54, 1.807) is 24.3 Å². The molecule has 0 unspecified atom stereocenters. The lowest BCUT2D eigenvalue weighted by molar-refractivity contribution is -0.384. The zero-order chi connectivity index (χ0) is 21.4. The molecule has 2 aromatic carbocycles. The van der Waals surface area contributed by atoms with Gasteiger partial charge in [0.2, 0.25) is 5.78 Å². The monoisotopic (exact) mass is 432 g/mol. The van der Waals surface area contributed by atoms with Crippen molar-refractivity contribution in [1.29, 1.82) is 0 Å². The Morgan fingerprint density at radius 2 is 1.84 bits per heavy atom. The maximum Gasteiger partial charge on any atom is 0.293 e. The fraction of sp³-hybridized carbons (Fsp3) is 0.208. The van der Waals surface area contributed by atoms with Crippen LogP contribution in [-0.2, 0) is 0 Å². The van der Waals surface area contributed by atoms with Gasteiger partial charge < -0.3 is 9.32 Å². The van der Waals surface area contributed by atoms with Crippen molar-refractivity contribution >= 4 is 35.0 Å². The number of thioether (sulfide) groups is 1. The largest absolute Gasteiger partial charge is 0.457 e. The van der Waals surface area contributed by atoms with Crippen molar-refractivity contribution in [3.05, 3.63) is 80.9 Å². The fourth-order valence-electron chi connectivity index (χ4n) is 4.08. The smallest absolute Gasteiger partial charge is 0.293 e. The van der Waals surface area contributed by atoms with Crippen LogP contribution in [0.15, 0.2) is 68.8 Å². The number of nitro groups is 1. The van der Waals surface area contributed by atoms with Gasteiger partial charge in [0.1, 0.15) is 17.2 Å². The second-order valence-corrected chi connectivity index (χ2v) is 8.73. The molecule has 0 atom stereocenters. The van der Waals surface area contributed by atoms with Gasteiger partial charge in [0, 0.05) is 35.2 Å². The molecule has 0 bridgehead atoms. The van der Waals surface area contributed by atoms with Gasteiger partial charge >= 0.3 is 0 Å². The zero-order valence-electron chi connectivity index (χ0n) is 16.7. The van der Waals surface area contributed by atoms with Gasteiger partial charge in [-0.05, 0) is 61.7 Å². The molecule has 0 radical (unpaired) electrons. The first-order valence-electron chi connectivity index (χ1n) is 10.3. The zero-order valence-corrected chi connectivity index (χ0v) is 17.6. The number of anilines is 1. The summed E-state index contributed by atoms with van der Waals surface area (Å²) in [5.41, 5.74) is 2.10. The van der Waals surface area contributed by atoms with Gasteiger partial charge in [0.25, 0.3) is 5.69 Å². The number of benzene rings is 2. The van der Waals surface area contributed by atoms with Gasteiger partial charge in [0.05, 0.1) is 9.83 Å². The maximum absolute atomic E-state index is 12.6. The Morgan fingerprint density at radius 3 is 2.61 bits per heavy atom. The first kappa shape index (κ1) is 19.6. The molecule has 3 aromatic rings. The van der Waals surface area contributed by atoms with Crippen LogP contribution in [0, 0.1) is 10.1 Å². The van der Waals surface area contributed by atoms with Crippen molar-refractivity contribution in [2.75, 3.05) is 18.0 Å². The summed E-state index contributed by atoms with van der Waals surface area (Å²) in [6.07, 6.45) is 5.00. The Kier molecular flexibility index (Phi) is 5.11. The number of Topliss-reactive ketones (excluding diaryl/α,β-unsaturated/α-hetero) is 1. The molecule has 0 N–H and O–H groups in total. The summed E-state index contributed by atoms with van der Waals surface area (Å²) in [5.74, 6) is 1.06. The van der Waals surface area contributed by atoms with Crippen LogP contribution in [0.2, 0.25) is 0 Å². The average molecular weight is 433 g/mol. The molecule has 0 saturated carbocycles. The van der Waals surface area contributed by atoms with Crippen molar-refractivity contribution in [1.82, 2.24) is 0 Å². The van der Waals surface area contributed by atoms with Crippen LogP contribution >= 0.6 is 11.8 Å². The van der Waals surface area contributed by atoms with E-state index in [2.05, 4.69) is 4.90 Å². The van der Waals surface area contributed by atoms with E-state index in [1.807, 2.05) is 36.4 Å². The highest BCUT2D eigenvalue weighted by Gasteiger charge is 2.26. The maximum atomic E-state index is 12.6. The lowest BCUT2D eigenvalue weighted by Gasteiger charge is -2.28. The molecule has 6 nitrogen and oxygen atoms in total. The lowest BCUT2D eigenvalue weighted by atomic mass is 10.1. The number of nitro benzene ring substituents is 1. The Labute approximate surface area is 183 Å². The average Bonchev–Trinajstić information content (AvgIpc) is 3.39. The van der Waals surface area contributed by atoms with E-state index in [-0.39, 0.29) is 16.4 Å². The number of hydrogen-bond donors (Lipinski definition) is 0. The molecule has 31 heavy (non-hydrogen) atoms. The molecule has 1 saturated heterocycles. The molecular weight excluding hydrogens is 412 g/mol. The van der Waals surface area contributed by atoms with Gasteiger partial charge in [-0.2, -0.15) is 0 Å². The minimum atomic E-state index is -0.329. The van der Waals surface area contributed by atoms with E-state index in [1.165, 1.54) is 18.2 Å². The molecule has 5 rings (SSSR count). The molecule has 1 aromatic heterocycles. The topological polar surface area (TPSA) is 76.6 Å². The van der Waals surface area contributed by atoms with Crippen molar-refractivity contribution in [3.63, 3.8) is 0 Å². The third kappa shape index (κ3) is 3.77. The van der Waals surface area contributed by atoms with Crippen LogP contribution in [0.5, 0.6) is 0 Å². The number of furan rings is 1. The first-order valence-corrected chi connectivity index (χ1v) is 11.1. The van der Waals surface area contributed by atoms with Crippen molar-refractivity contribution in [2.24, 2.45) is 0 Å². The molecule has 156 valence electrons. The highest BCUT2D eigenvalue weighted by atomic mass is 32.2. The fourth-order valence-corrected chi connectivity index (χ4v) is 5.11. The van der Waals surface area contributed by atoms with Gasteiger partial charge in [-0.15, -0.1) is 0 Å². The molecule has 0 amide bonds. The molecule has 1 fully saturated rings. The number of ketones is 1. The highest BCUT2D eigenvalue weighted by Crippen LogP contribution is 2.41. The molecule has 0 aliphatic carbocycles. The molecule has 7 heteroatoms. The summed E-state index contributed by atoms with van der Waals surface area (Å²) in [7, 11) is 0. The second-order valence-electron chi connectivity index (χ2n) is 7.65. The number of carbonyl (C=O) groups is 1. The summed E-state index contributed by atoms with van der Waals surface area (Å²) in [5, 5.41) is 11.7. The number of nitrogens with zero attached hydrogens (tertiary/aromatic N) is 2. The molecular formula is C24H20N2O4S. The predicted molar refractivity (Wildman–Crippen MR) is 121 cm³/mol. The normalized spacial score (nSPS) is 17.2. The Hall–Kier alpha value is -3.32. The van der Waals surface area contributed by atoms with Crippen molar-refractivity contribution < 1.29 is 14.1 Å².